The van der Waals surface area contributed by atoms with E-state index < -0.39 is 17.7 Å². The molecule has 0 unspecified atom stereocenters. The van der Waals surface area contributed by atoms with Gasteiger partial charge in [0.1, 0.15) is 5.92 Å². The molecule has 38 heavy (non-hydrogen) atoms. The number of aromatic nitrogens is 3. The van der Waals surface area contributed by atoms with Crippen molar-refractivity contribution in [1.82, 2.24) is 15.0 Å². The smallest absolute Gasteiger partial charge is 0.664 e. The zero-order valence-corrected chi connectivity index (χ0v) is 23.5. The number of rotatable bonds is 2. The maximum absolute atomic E-state index is 13.4. The van der Waals surface area contributed by atoms with Crippen molar-refractivity contribution in [2.75, 3.05) is 0 Å². The molecule has 7 nitrogen and oxygen atoms in total. The number of hydrogen-bond acceptors (Lipinski definition) is 2. The van der Waals surface area contributed by atoms with Crippen LogP contribution < -0.4 is 25.7 Å². The fourth-order valence-electron chi connectivity index (χ4n) is 5.72. The summed E-state index contributed by atoms with van der Waals surface area (Å²) in [6.45, 7) is 13.9. The van der Waals surface area contributed by atoms with Gasteiger partial charge in [0.15, 0.2) is 5.78 Å². The Labute approximate surface area is 236 Å². The van der Waals surface area contributed by atoms with Gasteiger partial charge in [-0.3, -0.25) is 9.59 Å². The standard InChI is InChI=1S/C30H28N4O3.Mg/c1-7-18-15(5)21-11-20-13(3)14(4)27(33-20)25-26(30(36)37)29(35)24-16(6)22(34-28(24)25)10-19-12(2)8-17(31-19)9-23(18)32-21;/h7-11,13-14,26H,1H2,2-6H3,(H3,33,34,35,36,37);/q-2;+2/p-2/b17-9-,19-10-,20-11-;/t13-,14-,26+;/m0./s1. The van der Waals surface area contributed by atoms with Crippen molar-refractivity contribution in [1.29, 1.82) is 0 Å². The van der Waals surface area contributed by atoms with Gasteiger partial charge < -0.3 is 25.4 Å². The Morgan fingerprint density at radius 2 is 1.68 bits per heavy atom. The molecule has 3 atom stereocenters. The molecule has 0 saturated carbocycles. The number of aliphatic carboxylic acids is 1. The van der Waals surface area contributed by atoms with E-state index in [1.54, 1.807) is 6.08 Å². The second-order valence-electron chi connectivity index (χ2n) is 10.2. The van der Waals surface area contributed by atoms with E-state index in [1.807, 2.05) is 52.0 Å². The van der Waals surface area contributed by atoms with Gasteiger partial charge in [-0.05, 0) is 38.2 Å². The molecule has 3 aliphatic rings. The molecule has 3 aromatic rings. The summed E-state index contributed by atoms with van der Waals surface area (Å²) in [5.74, 6) is -3.01. The number of aryl methyl sites for hydroxylation is 1. The maximum atomic E-state index is 13.4. The summed E-state index contributed by atoms with van der Waals surface area (Å²) in [6, 6.07) is 1.99. The van der Waals surface area contributed by atoms with E-state index in [4.69, 9.17) is 20.3 Å². The molecule has 0 radical (unpaired) electrons. The molecular formula is C30H26MgN4O3-2. The summed E-state index contributed by atoms with van der Waals surface area (Å²) in [5.41, 5.74) is 8.38. The molecule has 0 amide bonds. The van der Waals surface area contributed by atoms with Crippen LogP contribution in [0.2, 0.25) is 0 Å². The molecule has 3 aromatic heterocycles. The first kappa shape index (κ1) is 26.1. The van der Waals surface area contributed by atoms with Crippen molar-refractivity contribution in [2.45, 2.75) is 34.6 Å². The van der Waals surface area contributed by atoms with E-state index in [0.717, 1.165) is 44.5 Å². The van der Waals surface area contributed by atoms with Crippen molar-refractivity contribution in [3.05, 3.63) is 90.6 Å². The number of hydrogen-bond donors (Lipinski definition) is 1. The van der Waals surface area contributed by atoms with Crippen molar-refractivity contribution in [3.8, 4) is 0 Å². The Bertz CT molecular complexity index is 1740. The number of carboxylic acids is 1. The quantitative estimate of drug-likeness (QED) is 0.416. The summed E-state index contributed by atoms with van der Waals surface area (Å²) in [5, 5.41) is 16.5. The monoisotopic (exact) mass is 514 g/mol. The zero-order valence-electron chi connectivity index (χ0n) is 22.1. The maximum Gasteiger partial charge on any atom is 2.00 e. The van der Waals surface area contributed by atoms with Gasteiger partial charge >= 0.3 is 29.0 Å². The van der Waals surface area contributed by atoms with Crippen LogP contribution in [0, 0.1) is 38.5 Å². The largest absolute Gasteiger partial charge is 2.00 e. The Morgan fingerprint density at radius 1 is 0.974 bits per heavy atom. The Balaban J connectivity index is 0.00000294. The van der Waals surface area contributed by atoms with Crippen LogP contribution in [0.4, 0.5) is 0 Å². The molecule has 8 heteroatoms. The molecule has 188 valence electrons. The van der Waals surface area contributed by atoms with Crippen LogP contribution in [0.1, 0.15) is 69.2 Å². The summed E-state index contributed by atoms with van der Waals surface area (Å²) in [7, 11) is 0. The van der Waals surface area contributed by atoms with Crippen LogP contribution in [0.5, 0.6) is 0 Å². The third kappa shape index (κ3) is 3.61. The Hall–Kier alpha value is -3.49. The third-order valence-electron chi connectivity index (χ3n) is 8.07. The first-order valence-electron chi connectivity index (χ1n) is 12.4. The minimum atomic E-state index is -1.31. The predicted molar refractivity (Wildman–Crippen MR) is 148 cm³/mol. The van der Waals surface area contributed by atoms with Crippen LogP contribution in [-0.4, -0.2) is 39.9 Å². The average Bonchev–Trinajstić information content (AvgIpc) is 3.58. The number of carbonyl (C=O) groups is 2. The fraction of sp³-hybridized carbons (Fsp3) is 0.267. The number of carboxylic acid groups (broad SMARTS) is 1. The van der Waals surface area contributed by atoms with E-state index in [9.17, 15) is 14.7 Å². The van der Waals surface area contributed by atoms with E-state index in [2.05, 4.69) is 13.5 Å². The van der Waals surface area contributed by atoms with Gasteiger partial charge in [0.25, 0.3) is 0 Å². The van der Waals surface area contributed by atoms with E-state index in [-0.39, 0.29) is 34.9 Å². The van der Waals surface area contributed by atoms with Crippen LogP contribution in [0.15, 0.2) is 24.0 Å². The molecule has 1 aliphatic carbocycles. The SMILES string of the molecule is C=Cc1c2[n-]c(c1C)/C=C1\[N-]/C(=C3\c4[n-]c(c(C)c4C(=O)[C@@H]3C(=O)O)/C=c3\[n-]/c(cc3C)=C\2)[C@@H](C)[C@@H]1C.[Mg+2]. The summed E-state index contributed by atoms with van der Waals surface area (Å²) < 4.78 is 0. The van der Waals surface area contributed by atoms with Gasteiger partial charge in [-0.2, -0.15) is 11.4 Å². The van der Waals surface area contributed by atoms with Crippen molar-refractivity contribution < 1.29 is 14.7 Å². The van der Waals surface area contributed by atoms with Gasteiger partial charge in [0, 0.05) is 5.56 Å². The molecule has 1 saturated heterocycles. The number of fused-ring (bicyclic) bond motifs is 7. The van der Waals surface area contributed by atoms with Crippen LogP contribution in [-0.2, 0) is 4.79 Å². The molecule has 6 rings (SSSR count). The molecule has 1 N–H and O–H groups in total. The Kier molecular flexibility index (Phi) is 6.23. The molecular weight excluding hydrogens is 489 g/mol. The average molecular weight is 515 g/mol. The number of carbonyl (C=O) groups excluding carboxylic acids is 1. The molecule has 0 aromatic carbocycles. The van der Waals surface area contributed by atoms with Crippen molar-refractivity contribution in [2.24, 2.45) is 17.8 Å². The van der Waals surface area contributed by atoms with Crippen LogP contribution in [0.25, 0.3) is 35.2 Å². The molecule has 8 bridgehead atoms. The number of nitrogens with zero attached hydrogens (tertiary/aromatic N) is 4. The fourth-order valence-corrected chi connectivity index (χ4v) is 5.72. The second kappa shape index (κ2) is 9.06. The van der Waals surface area contributed by atoms with Crippen LogP contribution in [0.3, 0.4) is 0 Å². The summed E-state index contributed by atoms with van der Waals surface area (Å²) >= 11 is 0. The first-order valence-corrected chi connectivity index (χ1v) is 12.4. The van der Waals surface area contributed by atoms with Crippen molar-refractivity contribution in [3.63, 3.8) is 0 Å². The first-order chi connectivity index (χ1) is 17.6. The van der Waals surface area contributed by atoms with E-state index in [1.165, 1.54) is 0 Å². The molecule has 0 spiro atoms. The topological polar surface area (TPSA) is 111 Å². The van der Waals surface area contributed by atoms with Gasteiger partial charge in [0.05, 0.1) is 0 Å². The van der Waals surface area contributed by atoms with E-state index >= 15 is 0 Å². The van der Waals surface area contributed by atoms with Gasteiger partial charge in [-0.25, -0.2) is 0 Å². The second-order valence-corrected chi connectivity index (χ2v) is 10.2. The minimum absolute atomic E-state index is 0. The number of Topliss-reactive ketones (excluding diaryl/α,β-unsaturated/α-hetero) is 1. The van der Waals surface area contributed by atoms with Crippen molar-refractivity contribution >= 4 is 64.7 Å². The third-order valence-corrected chi connectivity index (χ3v) is 8.07. The van der Waals surface area contributed by atoms with Gasteiger partial charge in [-0.1, -0.05) is 73.1 Å². The summed E-state index contributed by atoms with van der Waals surface area (Å²) in [4.78, 5) is 40.3. The van der Waals surface area contributed by atoms with E-state index in [0.29, 0.717) is 33.8 Å². The Morgan fingerprint density at radius 3 is 2.37 bits per heavy atom. The summed E-state index contributed by atoms with van der Waals surface area (Å²) in [6.07, 6.45) is 7.59. The molecule has 2 aliphatic heterocycles. The molecule has 5 heterocycles. The predicted octanol–water partition coefficient (Wildman–Crippen LogP) is 3.03. The normalized spacial score (nSPS) is 26.4. The zero-order chi connectivity index (χ0) is 26.3. The van der Waals surface area contributed by atoms with Gasteiger partial charge in [-0.15, -0.1) is 33.5 Å². The molecule has 1 fully saturated rings. The number of ketones is 1. The minimum Gasteiger partial charge on any atom is -0.664 e. The van der Waals surface area contributed by atoms with Gasteiger partial charge in [0.2, 0.25) is 0 Å². The van der Waals surface area contributed by atoms with Crippen LogP contribution >= 0.6 is 0 Å². The number of allylic oxidation sites excluding steroid dienone is 2.